The lowest BCUT2D eigenvalue weighted by Gasteiger charge is -2.08. The zero-order valence-electron chi connectivity index (χ0n) is 20.9. The predicted molar refractivity (Wildman–Crippen MR) is 128 cm³/mol. The van der Waals surface area contributed by atoms with Crippen LogP contribution in [0.3, 0.4) is 0 Å². The summed E-state index contributed by atoms with van der Waals surface area (Å²) in [6.45, 7) is 9.16. The number of carbonyl (C=O) groups is 1. The van der Waals surface area contributed by atoms with Gasteiger partial charge in [0.15, 0.2) is 0 Å². The molecule has 2 N–H and O–H groups in total. The Kier molecular flexibility index (Phi) is 28.5. The highest BCUT2D eigenvalue weighted by atomic mass is 16.6. The first kappa shape index (κ1) is 32.2. The molecule has 33 heavy (non-hydrogen) atoms. The van der Waals surface area contributed by atoms with Crippen molar-refractivity contribution in [2.24, 2.45) is 5.73 Å². The van der Waals surface area contributed by atoms with Gasteiger partial charge in [-0.05, 0) is 6.42 Å². The van der Waals surface area contributed by atoms with E-state index in [1.807, 2.05) is 0 Å². The zero-order valence-corrected chi connectivity index (χ0v) is 20.9. The fourth-order valence-electron chi connectivity index (χ4n) is 2.80. The Balaban J connectivity index is 3.10. The zero-order chi connectivity index (χ0) is 24.1. The van der Waals surface area contributed by atoms with Crippen LogP contribution in [0.1, 0.15) is 58.3 Å². The number of unbranched alkanes of at least 4 members (excludes halogenated alkanes) is 6. The molecular weight excluding hydrogens is 430 g/mol. The fraction of sp³-hybridized carbons (Fsp3) is 0.958. The molecule has 0 fully saturated rings. The molecule has 0 aromatic rings. The fourth-order valence-corrected chi connectivity index (χ4v) is 2.80. The average Bonchev–Trinajstić information content (AvgIpc) is 2.82. The van der Waals surface area contributed by atoms with Crippen LogP contribution in [0.5, 0.6) is 0 Å². The van der Waals surface area contributed by atoms with E-state index in [0.29, 0.717) is 98.9 Å². The lowest BCUT2D eigenvalue weighted by Crippen LogP contribution is -2.15. The lowest BCUT2D eigenvalue weighted by atomic mass is 10.1. The summed E-state index contributed by atoms with van der Waals surface area (Å²) in [6.07, 6.45) is 8.85. The van der Waals surface area contributed by atoms with Gasteiger partial charge in [0.1, 0.15) is 6.61 Å². The number of carbonyl (C=O) groups excluding carboxylic acids is 1. The van der Waals surface area contributed by atoms with Crippen LogP contribution in [0.4, 0.5) is 0 Å². The molecule has 0 rings (SSSR count). The topological polar surface area (TPSA) is 108 Å². The minimum atomic E-state index is -0.134. The second kappa shape index (κ2) is 29.2. The molecule has 0 aromatic heterocycles. The molecule has 0 saturated carbocycles. The molecule has 9 heteroatoms. The molecule has 0 unspecified atom stereocenters. The van der Waals surface area contributed by atoms with Crippen molar-refractivity contribution in [3.8, 4) is 0 Å². The molecular formula is C24H49NO8. The van der Waals surface area contributed by atoms with Crippen molar-refractivity contribution < 1.29 is 38.0 Å². The van der Waals surface area contributed by atoms with E-state index in [2.05, 4.69) is 6.92 Å². The molecule has 0 heterocycles. The van der Waals surface area contributed by atoms with Crippen LogP contribution < -0.4 is 5.73 Å². The number of rotatable bonds is 28. The third-order valence-corrected chi connectivity index (χ3v) is 4.60. The number of nitrogens with two attached hydrogens (primary N) is 1. The van der Waals surface area contributed by atoms with Crippen LogP contribution in [-0.2, 0) is 38.0 Å². The average molecular weight is 480 g/mol. The van der Waals surface area contributed by atoms with Gasteiger partial charge in [-0.2, -0.15) is 0 Å². The van der Waals surface area contributed by atoms with Crippen LogP contribution in [0.2, 0.25) is 0 Å². The molecule has 0 aliphatic rings. The van der Waals surface area contributed by atoms with E-state index in [1.165, 1.54) is 32.1 Å². The van der Waals surface area contributed by atoms with Crippen LogP contribution in [0, 0.1) is 0 Å². The van der Waals surface area contributed by atoms with Gasteiger partial charge in [-0.25, -0.2) is 0 Å². The maximum absolute atomic E-state index is 11.6. The third-order valence-electron chi connectivity index (χ3n) is 4.60. The Bertz CT molecular complexity index is 387. The minimum absolute atomic E-state index is 0.134. The van der Waals surface area contributed by atoms with Crippen LogP contribution in [-0.4, -0.2) is 98.4 Å². The summed E-state index contributed by atoms with van der Waals surface area (Å²) >= 11 is 0. The number of ether oxygens (including phenoxy) is 7. The summed E-state index contributed by atoms with van der Waals surface area (Å²) in [5.74, 6) is -0.134. The molecule has 0 aliphatic carbocycles. The highest BCUT2D eigenvalue weighted by molar-refractivity contribution is 5.69. The van der Waals surface area contributed by atoms with E-state index >= 15 is 0 Å². The summed E-state index contributed by atoms with van der Waals surface area (Å²) in [5, 5.41) is 0. The van der Waals surface area contributed by atoms with Gasteiger partial charge >= 0.3 is 5.97 Å². The molecule has 0 radical (unpaired) electrons. The first-order valence-electron chi connectivity index (χ1n) is 12.6. The number of hydrogen-bond donors (Lipinski definition) is 1. The minimum Gasteiger partial charge on any atom is -0.463 e. The summed E-state index contributed by atoms with van der Waals surface area (Å²) < 4.78 is 37.3. The van der Waals surface area contributed by atoms with Gasteiger partial charge in [-0.1, -0.05) is 45.4 Å². The van der Waals surface area contributed by atoms with Gasteiger partial charge in [-0.3, -0.25) is 4.79 Å². The Labute approximate surface area is 200 Å². The van der Waals surface area contributed by atoms with Gasteiger partial charge in [-0.15, -0.1) is 0 Å². The van der Waals surface area contributed by atoms with Gasteiger partial charge in [0, 0.05) is 13.0 Å². The molecule has 9 nitrogen and oxygen atoms in total. The Morgan fingerprint density at radius 3 is 1.30 bits per heavy atom. The van der Waals surface area contributed by atoms with Crippen molar-refractivity contribution >= 4 is 5.97 Å². The van der Waals surface area contributed by atoms with E-state index in [0.717, 1.165) is 12.8 Å². The monoisotopic (exact) mass is 479 g/mol. The van der Waals surface area contributed by atoms with Crippen LogP contribution in [0.25, 0.3) is 0 Å². The second-order valence-electron chi connectivity index (χ2n) is 7.55. The molecule has 0 spiro atoms. The highest BCUT2D eigenvalue weighted by Crippen LogP contribution is 2.08. The Morgan fingerprint density at radius 1 is 0.515 bits per heavy atom. The maximum Gasteiger partial charge on any atom is 0.305 e. The normalized spacial score (nSPS) is 11.2. The molecule has 0 aliphatic heterocycles. The summed E-state index contributed by atoms with van der Waals surface area (Å²) in [5.41, 5.74) is 5.31. The molecule has 0 bridgehead atoms. The van der Waals surface area contributed by atoms with E-state index < -0.39 is 0 Å². The summed E-state index contributed by atoms with van der Waals surface area (Å²) in [7, 11) is 0. The first-order valence-corrected chi connectivity index (χ1v) is 12.6. The smallest absolute Gasteiger partial charge is 0.305 e. The van der Waals surface area contributed by atoms with Gasteiger partial charge in [0.05, 0.1) is 79.3 Å². The van der Waals surface area contributed by atoms with Gasteiger partial charge in [0.2, 0.25) is 0 Å². The number of hydrogen-bond acceptors (Lipinski definition) is 9. The van der Waals surface area contributed by atoms with E-state index in [9.17, 15) is 4.79 Å². The first-order chi connectivity index (χ1) is 16.3. The predicted octanol–water partition coefficient (Wildman–Crippen LogP) is 2.73. The van der Waals surface area contributed by atoms with Crippen LogP contribution >= 0.6 is 0 Å². The van der Waals surface area contributed by atoms with Crippen molar-refractivity contribution in [1.82, 2.24) is 0 Å². The van der Waals surface area contributed by atoms with Crippen molar-refractivity contribution in [1.29, 1.82) is 0 Å². The molecule has 0 atom stereocenters. The van der Waals surface area contributed by atoms with Gasteiger partial charge in [0.25, 0.3) is 0 Å². The summed E-state index contributed by atoms with van der Waals surface area (Å²) in [6, 6.07) is 0. The highest BCUT2D eigenvalue weighted by Gasteiger charge is 2.02. The quantitative estimate of drug-likeness (QED) is 0.134. The third kappa shape index (κ3) is 29.2. The number of esters is 1. The SMILES string of the molecule is CCCCCCCCCC(=O)OCCOCCOCCOCCOCCOCCOCCN. The molecule has 198 valence electrons. The van der Waals surface area contributed by atoms with Crippen molar-refractivity contribution in [3.63, 3.8) is 0 Å². The van der Waals surface area contributed by atoms with Gasteiger partial charge < -0.3 is 38.9 Å². The lowest BCUT2D eigenvalue weighted by molar-refractivity contribution is -0.145. The van der Waals surface area contributed by atoms with E-state index in [-0.39, 0.29) is 5.97 Å². The molecule has 0 saturated heterocycles. The standard InChI is InChI=1S/C24H49NO8/c1-2-3-4-5-6-7-8-9-24(26)33-23-22-32-21-20-31-19-18-30-17-16-29-15-14-28-13-12-27-11-10-25/h2-23,25H2,1H3. The van der Waals surface area contributed by atoms with Crippen molar-refractivity contribution in [2.45, 2.75) is 58.3 Å². The van der Waals surface area contributed by atoms with Crippen molar-refractivity contribution in [3.05, 3.63) is 0 Å². The second-order valence-corrected chi connectivity index (χ2v) is 7.55. The summed E-state index contributed by atoms with van der Waals surface area (Å²) in [4.78, 5) is 11.6. The van der Waals surface area contributed by atoms with Crippen molar-refractivity contribution in [2.75, 3.05) is 92.4 Å². The maximum atomic E-state index is 11.6. The molecule has 0 amide bonds. The van der Waals surface area contributed by atoms with E-state index in [4.69, 9.17) is 38.9 Å². The Morgan fingerprint density at radius 2 is 0.879 bits per heavy atom. The van der Waals surface area contributed by atoms with Crippen LogP contribution in [0.15, 0.2) is 0 Å². The Hall–Kier alpha value is -0.810. The largest absolute Gasteiger partial charge is 0.463 e. The molecule has 0 aromatic carbocycles. The van der Waals surface area contributed by atoms with E-state index in [1.54, 1.807) is 0 Å².